The number of nitrogens with one attached hydrogen (secondary N) is 1. The van der Waals surface area contributed by atoms with Crippen molar-refractivity contribution in [2.75, 3.05) is 38.8 Å². The van der Waals surface area contributed by atoms with Gasteiger partial charge in [0.2, 0.25) is 10.0 Å². The summed E-state index contributed by atoms with van der Waals surface area (Å²) in [6.45, 7) is 2.74. The smallest absolute Gasteiger partial charge is 0.295 e. The first-order valence-corrected chi connectivity index (χ1v) is 10.6. The van der Waals surface area contributed by atoms with Crippen molar-refractivity contribution < 1.29 is 22.8 Å². The lowest BCUT2D eigenvalue weighted by molar-refractivity contribution is -0.384. The summed E-state index contributed by atoms with van der Waals surface area (Å²) in [5.41, 5.74) is 3.72. The molecule has 0 aromatic heterocycles. The Hall–Kier alpha value is -3.02. The lowest BCUT2D eigenvalue weighted by Crippen LogP contribution is -2.40. The number of ether oxygens (including phenoxy) is 2. The SMILES string of the molecule is COc1cccc(C(C)=NNc2ccc(S(=O)(=O)N3CCOCC3)cc2[N+](=O)[O-])c1. The monoisotopic (exact) mass is 434 g/mol. The Morgan fingerprint density at radius 2 is 1.97 bits per heavy atom. The van der Waals surface area contributed by atoms with Gasteiger partial charge in [0, 0.05) is 24.7 Å². The minimum atomic E-state index is -3.85. The Morgan fingerprint density at radius 1 is 1.23 bits per heavy atom. The minimum absolute atomic E-state index is 0.0863. The molecule has 1 fully saturated rings. The van der Waals surface area contributed by atoms with Gasteiger partial charge in [0.05, 0.1) is 35.9 Å². The standard InChI is InChI=1S/C19H22N4O6S/c1-14(15-4-3-5-16(12-15)28-2)20-21-18-7-6-17(13-19(18)23(24)25)30(26,27)22-8-10-29-11-9-22/h3-7,12-13,21H,8-11H2,1-2H3. The largest absolute Gasteiger partial charge is 0.497 e. The van der Waals surface area contributed by atoms with E-state index in [0.717, 1.165) is 11.6 Å². The van der Waals surface area contributed by atoms with Crippen LogP contribution < -0.4 is 10.2 Å². The molecule has 0 atom stereocenters. The van der Waals surface area contributed by atoms with Crippen molar-refractivity contribution in [2.45, 2.75) is 11.8 Å². The van der Waals surface area contributed by atoms with Crippen LogP contribution in [0.5, 0.6) is 5.75 Å². The van der Waals surface area contributed by atoms with Crippen LogP contribution in [0.4, 0.5) is 11.4 Å². The van der Waals surface area contributed by atoms with E-state index in [9.17, 15) is 18.5 Å². The Kier molecular flexibility index (Phi) is 6.65. The lowest BCUT2D eigenvalue weighted by atomic mass is 10.1. The number of morpholine rings is 1. The third-order valence-electron chi connectivity index (χ3n) is 4.61. The van der Waals surface area contributed by atoms with Crippen LogP contribution in [-0.2, 0) is 14.8 Å². The highest BCUT2D eigenvalue weighted by Gasteiger charge is 2.28. The Labute approximate surface area is 174 Å². The van der Waals surface area contributed by atoms with E-state index in [0.29, 0.717) is 24.7 Å². The van der Waals surface area contributed by atoms with Gasteiger partial charge in [-0.3, -0.25) is 15.5 Å². The molecule has 160 valence electrons. The molecule has 1 saturated heterocycles. The van der Waals surface area contributed by atoms with E-state index in [4.69, 9.17) is 9.47 Å². The zero-order valence-electron chi connectivity index (χ0n) is 16.6. The van der Waals surface area contributed by atoms with E-state index >= 15 is 0 Å². The maximum Gasteiger partial charge on any atom is 0.295 e. The van der Waals surface area contributed by atoms with Gasteiger partial charge in [-0.05, 0) is 31.2 Å². The van der Waals surface area contributed by atoms with Crippen LogP contribution in [0.15, 0.2) is 52.5 Å². The topological polar surface area (TPSA) is 123 Å². The molecule has 0 radical (unpaired) electrons. The second kappa shape index (κ2) is 9.20. The van der Waals surface area contributed by atoms with Gasteiger partial charge in [-0.25, -0.2) is 8.42 Å². The maximum absolute atomic E-state index is 12.8. The number of sulfonamides is 1. The molecule has 0 amide bonds. The molecule has 1 heterocycles. The van der Waals surface area contributed by atoms with Gasteiger partial charge in [0.25, 0.3) is 5.69 Å². The number of nitro groups is 1. The molecule has 0 bridgehead atoms. The summed E-state index contributed by atoms with van der Waals surface area (Å²) in [6, 6.07) is 10.9. The van der Waals surface area contributed by atoms with Gasteiger partial charge in [0.1, 0.15) is 11.4 Å². The molecule has 1 aliphatic heterocycles. The molecule has 0 aliphatic carbocycles. The van der Waals surface area contributed by atoms with Gasteiger partial charge in [-0.1, -0.05) is 12.1 Å². The second-order valence-electron chi connectivity index (χ2n) is 6.49. The van der Waals surface area contributed by atoms with Crippen LogP contribution in [-0.4, -0.2) is 56.8 Å². The molecule has 1 aliphatic rings. The molecule has 10 nitrogen and oxygen atoms in total. The van der Waals surface area contributed by atoms with Crippen molar-refractivity contribution in [3.05, 3.63) is 58.1 Å². The maximum atomic E-state index is 12.8. The number of rotatable bonds is 7. The fourth-order valence-corrected chi connectivity index (χ4v) is 4.34. The quantitative estimate of drug-likeness (QED) is 0.403. The number of nitro benzene ring substituents is 1. The first kappa shape index (κ1) is 21.7. The van der Waals surface area contributed by atoms with Gasteiger partial charge < -0.3 is 9.47 Å². The van der Waals surface area contributed by atoms with Crippen LogP contribution >= 0.6 is 0 Å². The van der Waals surface area contributed by atoms with Gasteiger partial charge in [-0.2, -0.15) is 9.41 Å². The molecule has 11 heteroatoms. The Balaban J connectivity index is 1.87. The number of methoxy groups -OCH3 is 1. The van der Waals surface area contributed by atoms with Crippen LogP contribution in [0.25, 0.3) is 0 Å². The molecule has 2 aromatic rings. The third-order valence-corrected chi connectivity index (χ3v) is 6.50. The molecular weight excluding hydrogens is 412 g/mol. The van der Waals surface area contributed by atoms with Gasteiger partial charge >= 0.3 is 0 Å². The minimum Gasteiger partial charge on any atom is -0.497 e. The van der Waals surface area contributed by atoms with E-state index in [1.807, 2.05) is 6.07 Å². The zero-order valence-corrected chi connectivity index (χ0v) is 17.4. The molecule has 1 N–H and O–H groups in total. The van der Waals surface area contributed by atoms with Gasteiger partial charge in [0.15, 0.2) is 0 Å². The number of nitrogens with zero attached hydrogens (tertiary/aromatic N) is 3. The van der Waals surface area contributed by atoms with E-state index < -0.39 is 14.9 Å². The van der Waals surface area contributed by atoms with E-state index in [1.54, 1.807) is 32.2 Å². The second-order valence-corrected chi connectivity index (χ2v) is 8.43. The highest BCUT2D eigenvalue weighted by molar-refractivity contribution is 7.89. The predicted molar refractivity (Wildman–Crippen MR) is 112 cm³/mol. The highest BCUT2D eigenvalue weighted by atomic mass is 32.2. The van der Waals surface area contributed by atoms with E-state index in [2.05, 4.69) is 10.5 Å². The normalized spacial score (nSPS) is 15.6. The molecule has 2 aromatic carbocycles. The van der Waals surface area contributed by atoms with Crippen LogP contribution in [0.2, 0.25) is 0 Å². The average molecular weight is 434 g/mol. The summed E-state index contributed by atoms with van der Waals surface area (Å²) in [5, 5.41) is 15.7. The summed E-state index contributed by atoms with van der Waals surface area (Å²) in [7, 11) is -2.29. The van der Waals surface area contributed by atoms with Crippen LogP contribution in [0.1, 0.15) is 12.5 Å². The highest BCUT2D eigenvalue weighted by Crippen LogP contribution is 2.29. The van der Waals surface area contributed by atoms with Gasteiger partial charge in [-0.15, -0.1) is 0 Å². The predicted octanol–water partition coefficient (Wildman–Crippen LogP) is 2.46. The number of hydrogen-bond acceptors (Lipinski definition) is 8. The lowest BCUT2D eigenvalue weighted by Gasteiger charge is -2.26. The Morgan fingerprint density at radius 3 is 2.63 bits per heavy atom. The number of benzene rings is 2. The summed E-state index contributed by atoms with van der Waals surface area (Å²) >= 11 is 0. The number of hydrazone groups is 1. The van der Waals surface area contributed by atoms with Crippen molar-refractivity contribution in [1.82, 2.24) is 4.31 Å². The molecule has 0 spiro atoms. The fourth-order valence-electron chi connectivity index (χ4n) is 2.91. The summed E-state index contributed by atoms with van der Waals surface area (Å²) < 4.78 is 37.2. The van der Waals surface area contributed by atoms with Crippen molar-refractivity contribution in [3.8, 4) is 5.75 Å². The summed E-state index contributed by atoms with van der Waals surface area (Å²) in [6.07, 6.45) is 0. The Bertz CT molecular complexity index is 1060. The number of anilines is 1. The summed E-state index contributed by atoms with van der Waals surface area (Å²) in [5.74, 6) is 0.658. The average Bonchev–Trinajstić information content (AvgIpc) is 2.77. The van der Waals surface area contributed by atoms with Crippen LogP contribution in [0, 0.1) is 10.1 Å². The van der Waals surface area contributed by atoms with Crippen molar-refractivity contribution in [3.63, 3.8) is 0 Å². The summed E-state index contributed by atoms with van der Waals surface area (Å²) in [4.78, 5) is 10.8. The third kappa shape index (κ3) is 4.75. The van der Waals surface area contributed by atoms with E-state index in [1.165, 1.54) is 16.4 Å². The molecule has 0 saturated carbocycles. The molecular formula is C19H22N4O6S. The van der Waals surface area contributed by atoms with E-state index in [-0.39, 0.29) is 29.4 Å². The van der Waals surface area contributed by atoms with Crippen molar-refractivity contribution in [1.29, 1.82) is 0 Å². The molecule has 0 unspecified atom stereocenters. The zero-order chi connectivity index (χ0) is 21.7. The van der Waals surface area contributed by atoms with Crippen molar-refractivity contribution in [2.24, 2.45) is 5.10 Å². The fraction of sp³-hybridized carbons (Fsp3) is 0.316. The molecule has 30 heavy (non-hydrogen) atoms. The first-order chi connectivity index (χ1) is 14.3. The van der Waals surface area contributed by atoms with Crippen molar-refractivity contribution >= 4 is 27.1 Å². The number of hydrogen-bond donors (Lipinski definition) is 1. The molecule has 3 rings (SSSR count). The first-order valence-electron chi connectivity index (χ1n) is 9.14. The van der Waals surface area contributed by atoms with Crippen LogP contribution in [0.3, 0.4) is 0 Å².